The molecule has 0 aliphatic carbocycles. The average molecular weight is 548 g/mol. The number of carbonyl (C=O) groups is 1. The van der Waals surface area contributed by atoms with Crippen molar-refractivity contribution in [3.05, 3.63) is 116 Å². The Bertz CT molecular complexity index is 1530. The molecule has 4 aromatic rings. The van der Waals surface area contributed by atoms with Gasteiger partial charge in [-0.1, -0.05) is 23.7 Å². The monoisotopic (exact) mass is 547 g/mol. The summed E-state index contributed by atoms with van der Waals surface area (Å²) in [6.45, 7) is 4.41. The third-order valence-corrected chi connectivity index (χ3v) is 6.49. The van der Waals surface area contributed by atoms with Crippen molar-refractivity contribution in [1.82, 2.24) is 15.2 Å². The molecule has 39 heavy (non-hydrogen) atoms. The standard InChI is InChI=1S/C28H26ClN5O5/c1-18-27(29)19(2)33(32-18)16-21-5-4-6-22(14-21)28(35)31-30-15-20-7-12-26(38-3)23(13-20)17-39-25-10-8-24(9-11-25)34(36)37/h4-15H,16-17H2,1-3H3,(H,31,35). The van der Waals surface area contributed by atoms with Gasteiger partial charge >= 0.3 is 0 Å². The van der Waals surface area contributed by atoms with Gasteiger partial charge < -0.3 is 9.47 Å². The highest BCUT2D eigenvalue weighted by Crippen LogP contribution is 2.23. The number of ether oxygens (including phenoxy) is 2. The fourth-order valence-electron chi connectivity index (χ4n) is 3.86. The predicted molar refractivity (Wildman–Crippen MR) is 148 cm³/mol. The molecule has 0 saturated carbocycles. The third-order valence-electron chi connectivity index (χ3n) is 5.94. The van der Waals surface area contributed by atoms with Crippen LogP contribution in [0.15, 0.2) is 71.8 Å². The summed E-state index contributed by atoms with van der Waals surface area (Å²) in [5.41, 5.74) is 6.99. The lowest BCUT2D eigenvalue weighted by Gasteiger charge is -2.11. The van der Waals surface area contributed by atoms with E-state index in [-0.39, 0.29) is 18.2 Å². The van der Waals surface area contributed by atoms with Crippen LogP contribution in [0.3, 0.4) is 0 Å². The van der Waals surface area contributed by atoms with E-state index in [0.29, 0.717) is 34.2 Å². The van der Waals surface area contributed by atoms with Gasteiger partial charge in [0.15, 0.2) is 0 Å². The van der Waals surface area contributed by atoms with Crippen LogP contribution in [-0.4, -0.2) is 33.9 Å². The summed E-state index contributed by atoms with van der Waals surface area (Å²) in [7, 11) is 1.55. The second kappa shape index (κ2) is 12.2. The number of hydrogen-bond acceptors (Lipinski definition) is 7. The second-order valence-corrected chi connectivity index (χ2v) is 9.03. The minimum atomic E-state index is -0.468. The highest BCUT2D eigenvalue weighted by atomic mass is 35.5. The van der Waals surface area contributed by atoms with E-state index in [9.17, 15) is 14.9 Å². The molecule has 4 rings (SSSR count). The zero-order valence-corrected chi connectivity index (χ0v) is 22.3. The Morgan fingerprint density at radius 3 is 2.59 bits per heavy atom. The number of methoxy groups -OCH3 is 1. The minimum absolute atomic E-state index is 0.0140. The van der Waals surface area contributed by atoms with Crippen molar-refractivity contribution < 1.29 is 19.2 Å². The van der Waals surface area contributed by atoms with Crippen LogP contribution in [0, 0.1) is 24.0 Å². The fourth-order valence-corrected chi connectivity index (χ4v) is 3.99. The number of aryl methyl sites for hydroxylation is 1. The number of benzene rings is 3. The van der Waals surface area contributed by atoms with Gasteiger partial charge in [-0.25, -0.2) is 5.43 Å². The summed E-state index contributed by atoms with van der Waals surface area (Å²) in [5.74, 6) is 0.741. The highest BCUT2D eigenvalue weighted by Gasteiger charge is 2.11. The molecule has 0 aliphatic rings. The predicted octanol–water partition coefficient (Wildman–Crippen LogP) is 5.46. The summed E-state index contributed by atoms with van der Waals surface area (Å²) in [5, 5.41) is 20.0. The Kier molecular flexibility index (Phi) is 8.57. The normalized spacial score (nSPS) is 11.0. The lowest BCUT2D eigenvalue weighted by Crippen LogP contribution is -2.18. The molecule has 200 valence electrons. The quantitative estimate of drug-likeness (QED) is 0.160. The number of nitrogens with zero attached hydrogens (tertiary/aromatic N) is 4. The summed E-state index contributed by atoms with van der Waals surface area (Å²) < 4.78 is 13.0. The Labute approximate surface area is 230 Å². The molecule has 1 heterocycles. The Morgan fingerprint density at radius 2 is 1.92 bits per heavy atom. The van der Waals surface area contributed by atoms with Crippen LogP contribution >= 0.6 is 11.6 Å². The van der Waals surface area contributed by atoms with E-state index in [1.54, 1.807) is 36.1 Å². The van der Waals surface area contributed by atoms with Crippen LogP contribution in [-0.2, 0) is 13.2 Å². The number of non-ortho nitro benzene ring substituents is 1. The molecule has 1 aromatic heterocycles. The van der Waals surface area contributed by atoms with Gasteiger partial charge in [0.2, 0.25) is 0 Å². The molecule has 0 bridgehead atoms. The first-order valence-electron chi connectivity index (χ1n) is 11.9. The van der Waals surface area contributed by atoms with E-state index in [1.165, 1.54) is 30.5 Å². The number of nitro groups is 1. The summed E-state index contributed by atoms with van der Waals surface area (Å²) in [4.78, 5) is 23.1. The third kappa shape index (κ3) is 6.79. The summed E-state index contributed by atoms with van der Waals surface area (Å²) in [6.07, 6.45) is 1.52. The smallest absolute Gasteiger partial charge is 0.271 e. The highest BCUT2D eigenvalue weighted by molar-refractivity contribution is 6.31. The Morgan fingerprint density at radius 1 is 1.15 bits per heavy atom. The van der Waals surface area contributed by atoms with Crippen molar-refractivity contribution in [3.63, 3.8) is 0 Å². The lowest BCUT2D eigenvalue weighted by molar-refractivity contribution is -0.384. The number of amides is 1. The first kappa shape index (κ1) is 27.3. The number of nitrogens with one attached hydrogen (secondary N) is 1. The molecule has 11 heteroatoms. The van der Waals surface area contributed by atoms with Crippen LogP contribution in [0.25, 0.3) is 0 Å². The van der Waals surface area contributed by atoms with Crippen LogP contribution in [0.2, 0.25) is 5.02 Å². The maximum absolute atomic E-state index is 12.7. The number of halogens is 1. The van der Waals surface area contributed by atoms with E-state index < -0.39 is 4.92 Å². The molecule has 3 aromatic carbocycles. The van der Waals surface area contributed by atoms with E-state index in [4.69, 9.17) is 21.1 Å². The van der Waals surface area contributed by atoms with Gasteiger partial charge in [-0.05, 0) is 67.4 Å². The number of nitro benzene ring substituents is 1. The van der Waals surface area contributed by atoms with Crippen molar-refractivity contribution in [2.75, 3.05) is 7.11 Å². The molecule has 0 radical (unpaired) electrons. The van der Waals surface area contributed by atoms with Gasteiger partial charge in [-0.2, -0.15) is 10.2 Å². The van der Waals surface area contributed by atoms with E-state index in [0.717, 1.165) is 22.5 Å². The molecule has 0 aliphatic heterocycles. The molecule has 0 fully saturated rings. The Hall–Kier alpha value is -4.70. The number of rotatable bonds is 10. The molecular formula is C28H26ClN5O5. The first-order chi connectivity index (χ1) is 18.7. The van der Waals surface area contributed by atoms with Crippen molar-refractivity contribution in [2.24, 2.45) is 5.10 Å². The van der Waals surface area contributed by atoms with Crippen LogP contribution in [0.1, 0.15) is 38.4 Å². The molecule has 0 spiro atoms. The molecule has 0 unspecified atom stereocenters. The average Bonchev–Trinajstić information content (AvgIpc) is 3.18. The van der Waals surface area contributed by atoms with E-state index in [1.807, 2.05) is 32.0 Å². The summed E-state index contributed by atoms with van der Waals surface area (Å²) >= 11 is 6.24. The van der Waals surface area contributed by atoms with Crippen molar-refractivity contribution in [1.29, 1.82) is 0 Å². The maximum Gasteiger partial charge on any atom is 0.271 e. The number of hydrogen-bond donors (Lipinski definition) is 1. The number of hydrazone groups is 1. The second-order valence-electron chi connectivity index (χ2n) is 8.65. The zero-order chi connectivity index (χ0) is 27.9. The molecule has 1 amide bonds. The van der Waals surface area contributed by atoms with Crippen molar-refractivity contribution >= 4 is 29.4 Å². The minimum Gasteiger partial charge on any atom is -0.496 e. The fraction of sp³-hybridized carbons (Fsp3) is 0.179. The van der Waals surface area contributed by atoms with Gasteiger partial charge in [-0.15, -0.1) is 0 Å². The first-order valence-corrected chi connectivity index (χ1v) is 12.3. The lowest BCUT2D eigenvalue weighted by atomic mass is 10.1. The van der Waals surface area contributed by atoms with Crippen molar-refractivity contribution in [2.45, 2.75) is 27.0 Å². The zero-order valence-electron chi connectivity index (χ0n) is 21.6. The van der Waals surface area contributed by atoms with Crippen LogP contribution in [0.4, 0.5) is 5.69 Å². The number of carbonyl (C=O) groups excluding carboxylic acids is 1. The topological polar surface area (TPSA) is 121 Å². The van der Waals surface area contributed by atoms with E-state index in [2.05, 4.69) is 15.6 Å². The maximum atomic E-state index is 12.7. The van der Waals surface area contributed by atoms with Crippen LogP contribution in [0.5, 0.6) is 11.5 Å². The molecule has 0 atom stereocenters. The largest absolute Gasteiger partial charge is 0.496 e. The molecule has 0 saturated heterocycles. The summed E-state index contributed by atoms with van der Waals surface area (Å²) in [6, 6.07) is 18.4. The molecule has 1 N–H and O–H groups in total. The van der Waals surface area contributed by atoms with Gasteiger partial charge in [0.05, 0.1) is 41.2 Å². The van der Waals surface area contributed by atoms with E-state index >= 15 is 0 Å². The van der Waals surface area contributed by atoms with Gasteiger partial charge in [0.1, 0.15) is 18.1 Å². The Balaban J connectivity index is 1.39. The molecule has 10 nitrogen and oxygen atoms in total. The van der Waals surface area contributed by atoms with Gasteiger partial charge in [0, 0.05) is 23.3 Å². The van der Waals surface area contributed by atoms with Crippen LogP contribution < -0.4 is 14.9 Å². The van der Waals surface area contributed by atoms with Crippen molar-refractivity contribution in [3.8, 4) is 11.5 Å². The van der Waals surface area contributed by atoms with Gasteiger partial charge in [-0.3, -0.25) is 19.6 Å². The SMILES string of the molecule is COc1ccc(C=NNC(=O)c2cccc(Cn3nc(C)c(Cl)c3C)c2)cc1COc1ccc([N+](=O)[O-])cc1. The molecular weight excluding hydrogens is 522 g/mol. The number of aromatic nitrogens is 2. The van der Waals surface area contributed by atoms with Gasteiger partial charge in [0.25, 0.3) is 11.6 Å².